The van der Waals surface area contributed by atoms with E-state index >= 15 is 0 Å². The molecule has 3 heterocycles. The Balaban J connectivity index is 1.73. The van der Waals surface area contributed by atoms with Crippen molar-refractivity contribution in [1.82, 2.24) is 4.90 Å². The van der Waals surface area contributed by atoms with Gasteiger partial charge in [0.05, 0.1) is 11.4 Å². The molecule has 1 N–H and O–H groups in total. The summed E-state index contributed by atoms with van der Waals surface area (Å²) in [5.74, 6) is 0.482. The molecule has 112 valence electrons. The number of anilines is 2. The summed E-state index contributed by atoms with van der Waals surface area (Å²) in [6.07, 6.45) is 1.10. The lowest BCUT2D eigenvalue weighted by Gasteiger charge is -2.38. The van der Waals surface area contributed by atoms with Crippen LogP contribution in [0.2, 0.25) is 0 Å². The van der Waals surface area contributed by atoms with Gasteiger partial charge in [-0.3, -0.25) is 0 Å². The number of para-hydroxylation sites is 1. The lowest BCUT2D eigenvalue weighted by atomic mass is 9.91. The third-order valence-corrected chi connectivity index (χ3v) is 5.36. The van der Waals surface area contributed by atoms with Gasteiger partial charge in [0.1, 0.15) is 0 Å². The van der Waals surface area contributed by atoms with Crippen molar-refractivity contribution < 1.29 is 9.90 Å². The number of carboxylic acid groups (broad SMARTS) is 1. The Hall–Kier alpha value is -1.91. The van der Waals surface area contributed by atoms with Gasteiger partial charge in [-0.25, -0.2) is 4.79 Å². The fraction of sp³-hybridized carbons (Fsp3) is 0.562. The molecule has 0 aromatic heterocycles. The van der Waals surface area contributed by atoms with Gasteiger partial charge in [0, 0.05) is 45.2 Å². The number of nitrogens with zero attached hydrogens (tertiary/aromatic N) is 3. The van der Waals surface area contributed by atoms with Crippen LogP contribution in [0.25, 0.3) is 0 Å². The number of benzene rings is 1. The zero-order chi connectivity index (χ0) is 14.6. The number of carbonyl (C=O) groups is 1. The van der Waals surface area contributed by atoms with Crippen molar-refractivity contribution in [3.63, 3.8) is 0 Å². The highest BCUT2D eigenvalue weighted by Gasteiger charge is 2.43. The van der Waals surface area contributed by atoms with Crippen molar-refractivity contribution in [3.05, 3.63) is 23.8 Å². The zero-order valence-electron chi connectivity index (χ0n) is 12.3. The van der Waals surface area contributed by atoms with E-state index < -0.39 is 6.09 Å². The molecule has 0 bridgehead atoms. The number of fused-ring (bicyclic) bond motifs is 3. The zero-order valence-corrected chi connectivity index (χ0v) is 12.3. The highest BCUT2D eigenvalue weighted by molar-refractivity contribution is 5.80. The minimum absolute atomic E-state index is 0.471. The number of rotatable bonds is 0. The molecular weight excluding hydrogens is 266 g/mol. The largest absolute Gasteiger partial charge is 0.465 e. The average molecular weight is 287 g/mol. The first-order chi connectivity index (χ1) is 10.2. The SMILES string of the molecule is CN1CCN2c3c(cccc31)[C@@H]1CCN(C(=O)O)CC[C@@H]12. The van der Waals surface area contributed by atoms with E-state index in [1.807, 2.05) is 0 Å². The third-order valence-electron chi connectivity index (χ3n) is 5.36. The predicted octanol–water partition coefficient (Wildman–Crippen LogP) is 2.18. The van der Waals surface area contributed by atoms with Crippen LogP contribution in [0.5, 0.6) is 0 Å². The molecule has 0 aliphatic carbocycles. The molecule has 0 saturated carbocycles. The lowest BCUT2D eigenvalue weighted by molar-refractivity contribution is 0.146. The molecule has 3 aliphatic rings. The Kier molecular flexibility index (Phi) is 2.77. The molecular formula is C16H21N3O2. The Labute approximate surface area is 124 Å². The van der Waals surface area contributed by atoms with E-state index in [-0.39, 0.29) is 0 Å². The van der Waals surface area contributed by atoms with Gasteiger partial charge >= 0.3 is 6.09 Å². The number of hydrogen-bond acceptors (Lipinski definition) is 3. The van der Waals surface area contributed by atoms with E-state index in [0.717, 1.165) is 25.9 Å². The lowest BCUT2D eigenvalue weighted by Crippen LogP contribution is -2.43. The van der Waals surface area contributed by atoms with Gasteiger partial charge < -0.3 is 19.8 Å². The number of hydrogen-bond donors (Lipinski definition) is 1. The maximum Gasteiger partial charge on any atom is 0.407 e. The highest BCUT2D eigenvalue weighted by atomic mass is 16.4. The average Bonchev–Trinajstić information content (AvgIpc) is 2.65. The normalized spacial score (nSPS) is 27.2. The quantitative estimate of drug-likeness (QED) is 0.794. The second-order valence-corrected chi connectivity index (χ2v) is 6.35. The second-order valence-electron chi connectivity index (χ2n) is 6.35. The number of amides is 1. The van der Waals surface area contributed by atoms with Gasteiger partial charge in [-0.15, -0.1) is 0 Å². The van der Waals surface area contributed by atoms with E-state index in [1.165, 1.54) is 16.9 Å². The van der Waals surface area contributed by atoms with Gasteiger partial charge in [-0.2, -0.15) is 0 Å². The van der Waals surface area contributed by atoms with Crippen LogP contribution in [0.3, 0.4) is 0 Å². The van der Waals surface area contributed by atoms with E-state index in [4.69, 9.17) is 0 Å². The molecule has 1 fully saturated rings. The molecule has 0 radical (unpaired) electrons. The fourth-order valence-corrected chi connectivity index (χ4v) is 4.31. The van der Waals surface area contributed by atoms with Crippen LogP contribution in [0.1, 0.15) is 24.3 Å². The maximum atomic E-state index is 11.2. The number of likely N-dealkylation sites (tertiary alicyclic amines) is 1. The van der Waals surface area contributed by atoms with Crippen molar-refractivity contribution in [2.75, 3.05) is 43.0 Å². The van der Waals surface area contributed by atoms with Crippen LogP contribution in [0, 0.1) is 0 Å². The molecule has 0 unspecified atom stereocenters. The standard InChI is InChI=1S/C16H21N3O2/c1-17-9-10-19-13-6-8-18(16(20)21)7-5-11(13)12-3-2-4-14(17)15(12)19/h2-4,11,13H,5-10H2,1H3,(H,20,21)/t11-,13-/m0/s1. The molecule has 4 rings (SSSR count). The van der Waals surface area contributed by atoms with Crippen LogP contribution in [-0.2, 0) is 0 Å². The number of likely N-dealkylation sites (N-methyl/N-ethyl adjacent to an activating group) is 1. The highest BCUT2D eigenvalue weighted by Crippen LogP contribution is 2.50. The monoisotopic (exact) mass is 287 g/mol. The summed E-state index contributed by atoms with van der Waals surface area (Å²) in [4.78, 5) is 17.7. The van der Waals surface area contributed by atoms with Gasteiger partial charge in [-0.05, 0) is 24.5 Å². The Bertz CT molecular complexity index is 589. The minimum Gasteiger partial charge on any atom is -0.465 e. The second kappa shape index (κ2) is 4.55. The van der Waals surface area contributed by atoms with Crippen LogP contribution in [-0.4, -0.2) is 55.4 Å². The molecule has 2 atom stereocenters. The van der Waals surface area contributed by atoms with E-state index in [1.54, 1.807) is 4.90 Å². The Morgan fingerprint density at radius 1 is 1.19 bits per heavy atom. The summed E-state index contributed by atoms with van der Waals surface area (Å²) >= 11 is 0. The Morgan fingerprint density at radius 2 is 2.00 bits per heavy atom. The first-order valence-electron chi connectivity index (χ1n) is 7.75. The smallest absolute Gasteiger partial charge is 0.407 e. The summed E-state index contributed by atoms with van der Waals surface area (Å²) in [6.45, 7) is 3.41. The molecule has 1 aromatic rings. The van der Waals surface area contributed by atoms with Crippen molar-refractivity contribution in [3.8, 4) is 0 Å². The van der Waals surface area contributed by atoms with E-state index in [0.29, 0.717) is 25.0 Å². The van der Waals surface area contributed by atoms with Crippen molar-refractivity contribution in [1.29, 1.82) is 0 Å². The van der Waals surface area contributed by atoms with Crippen molar-refractivity contribution in [2.45, 2.75) is 24.8 Å². The molecule has 5 nitrogen and oxygen atoms in total. The van der Waals surface area contributed by atoms with Crippen molar-refractivity contribution in [2.24, 2.45) is 0 Å². The summed E-state index contributed by atoms with van der Waals surface area (Å²) in [6, 6.07) is 7.07. The first-order valence-corrected chi connectivity index (χ1v) is 7.75. The molecule has 5 heteroatoms. The minimum atomic E-state index is -0.776. The van der Waals surface area contributed by atoms with Crippen LogP contribution >= 0.6 is 0 Å². The molecule has 0 spiro atoms. The van der Waals surface area contributed by atoms with Gasteiger partial charge in [0.15, 0.2) is 0 Å². The van der Waals surface area contributed by atoms with Crippen LogP contribution in [0.15, 0.2) is 18.2 Å². The summed E-state index contributed by atoms with van der Waals surface area (Å²) in [7, 11) is 2.16. The molecule has 1 amide bonds. The van der Waals surface area contributed by atoms with Gasteiger partial charge in [0.2, 0.25) is 0 Å². The van der Waals surface area contributed by atoms with Gasteiger partial charge in [-0.1, -0.05) is 12.1 Å². The molecule has 21 heavy (non-hydrogen) atoms. The summed E-state index contributed by atoms with van der Waals surface area (Å²) in [5, 5.41) is 9.24. The van der Waals surface area contributed by atoms with Crippen LogP contribution in [0.4, 0.5) is 16.2 Å². The summed E-state index contributed by atoms with van der Waals surface area (Å²) in [5.41, 5.74) is 4.17. The van der Waals surface area contributed by atoms with Crippen molar-refractivity contribution >= 4 is 17.5 Å². The Morgan fingerprint density at radius 3 is 2.81 bits per heavy atom. The topological polar surface area (TPSA) is 47.0 Å². The third kappa shape index (κ3) is 1.79. The first kappa shape index (κ1) is 12.8. The van der Waals surface area contributed by atoms with Gasteiger partial charge in [0.25, 0.3) is 0 Å². The fourth-order valence-electron chi connectivity index (χ4n) is 4.31. The molecule has 1 aromatic carbocycles. The van der Waals surface area contributed by atoms with E-state index in [2.05, 4.69) is 35.0 Å². The summed E-state index contributed by atoms with van der Waals surface area (Å²) < 4.78 is 0. The molecule has 3 aliphatic heterocycles. The van der Waals surface area contributed by atoms with E-state index in [9.17, 15) is 9.90 Å². The molecule has 1 saturated heterocycles. The van der Waals surface area contributed by atoms with Crippen LogP contribution < -0.4 is 9.80 Å². The predicted molar refractivity (Wildman–Crippen MR) is 82.4 cm³/mol. The maximum absolute atomic E-state index is 11.2.